The highest BCUT2D eigenvalue weighted by Gasteiger charge is 2.12. The SMILES string of the molecule is Cc1ccc(CN)cc1-c1ccc2c(c1)CCCO2. The van der Waals surface area contributed by atoms with Gasteiger partial charge in [0.25, 0.3) is 0 Å². The minimum atomic E-state index is 0.585. The van der Waals surface area contributed by atoms with Crippen molar-refractivity contribution in [2.24, 2.45) is 5.73 Å². The van der Waals surface area contributed by atoms with E-state index in [1.807, 2.05) is 0 Å². The van der Waals surface area contributed by atoms with Crippen LogP contribution in [0, 0.1) is 6.92 Å². The number of hydrogen-bond acceptors (Lipinski definition) is 2. The highest BCUT2D eigenvalue weighted by atomic mass is 16.5. The molecule has 98 valence electrons. The van der Waals surface area contributed by atoms with E-state index in [2.05, 4.69) is 43.3 Å². The smallest absolute Gasteiger partial charge is 0.122 e. The van der Waals surface area contributed by atoms with Crippen LogP contribution in [0.1, 0.15) is 23.1 Å². The molecule has 2 aromatic carbocycles. The van der Waals surface area contributed by atoms with Crippen LogP contribution in [0.15, 0.2) is 36.4 Å². The summed E-state index contributed by atoms with van der Waals surface area (Å²) in [5.41, 5.74) is 12.1. The molecule has 0 aliphatic carbocycles. The maximum absolute atomic E-state index is 5.74. The number of nitrogens with two attached hydrogens (primary N) is 1. The summed E-state index contributed by atoms with van der Waals surface area (Å²) in [5.74, 6) is 1.04. The van der Waals surface area contributed by atoms with Gasteiger partial charge in [0, 0.05) is 6.54 Å². The molecule has 2 nitrogen and oxygen atoms in total. The Labute approximate surface area is 114 Å². The van der Waals surface area contributed by atoms with Crippen LogP contribution >= 0.6 is 0 Å². The molecule has 3 rings (SSSR count). The maximum atomic E-state index is 5.74. The first kappa shape index (κ1) is 12.2. The highest BCUT2D eigenvalue weighted by Crippen LogP contribution is 2.31. The van der Waals surface area contributed by atoms with E-state index in [1.54, 1.807) is 0 Å². The molecule has 2 heteroatoms. The summed E-state index contributed by atoms with van der Waals surface area (Å²) in [6.45, 7) is 3.57. The predicted molar refractivity (Wildman–Crippen MR) is 78.3 cm³/mol. The van der Waals surface area contributed by atoms with Gasteiger partial charge in [-0.15, -0.1) is 0 Å². The van der Waals surface area contributed by atoms with Crippen molar-refractivity contribution >= 4 is 0 Å². The molecule has 1 aliphatic heterocycles. The number of aryl methyl sites for hydroxylation is 2. The van der Waals surface area contributed by atoms with Crippen LogP contribution in [0.5, 0.6) is 5.75 Å². The van der Waals surface area contributed by atoms with Crippen LogP contribution in [0.2, 0.25) is 0 Å². The number of rotatable bonds is 2. The van der Waals surface area contributed by atoms with Crippen molar-refractivity contribution in [1.29, 1.82) is 0 Å². The van der Waals surface area contributed by atoms with Gasteiger partial charge in [-0.05, 0) is 65.8 Å². The van der Waals surface area contributed by atoms with Gasteiger partial charge in [-0.2, -0.15) is 0 Å². The Morgan fingerprint density at radius 3 is 2.89 bits per heavy atom. The van der Waals surface area contributed by atoms with Gasteiger partial charge in [0.05, 0.1) is 6.61 Å². The molecule has 2 N–H and O–H groups in total. The van der Waals surface area contributed by atoms with Gasteiger partial charge in [0.15, 0.2) is 0 Å². The third-order valence-corrected chi connectivity index (χ3v) is 3.76. The van der Waals surface area contributed by atoms with Gasteiger partial charge in [0.2, 0.25) is 0 Å². The first-order valence-electron chi connectivity index (χ1n) is 6.83. The van der Waals surface area contributed by atoms with Crippen molar-refractivity contribution < 1.29 is 4.74 Å². The standard InChI is InChI=1S/C17H19NO/c1-12-4-5-13(11-18)9-16(12)14-6-7-17-15(10-14)3-2-8-19-17/h4-7,9-10H,2-3,8,11,18H2,1H3. The first-order valence-corrected chi connectivity index (χ1v) is 6.83. The average Bonchev–Trinajstić information content (AvgIpc) is 2.47. The Morgan fingerprint density at radius 1 is 1.16 bits per heavy atom. The molecule has 2 aromatic rings. The molecule has 0 bridgehead atoms. The molecule has 0 atom stereocenters. The van der Waals surface area contributed by atoms with Crippen LogP contribution in [0.25, 0.3) is 11.1 Å². The predicted octanol–water partition coefficient (Wildman–Crippen LogP) is 3.45. The van der Waals surface area contributed by atoms with E-state index in [0.717, 1.165) is 25.2 Å². The van der Waals surface area contributed by atoms with Crippen molar-refractivity contribution in [2.75, 3.05) is 6.61 Å². The van der Waals surface area contributed by atoms with E-state index in [4.69, 9.17) is 10.5 Å². The average molecular weight is 253 g/mol. The molecule has 1 heterocycles. The molecule has 0 spiro atoms. The Balaban J connectivity index is 2.06. The summed E-state index contributed by atoms with van der Waals surface area (Å²) in [5, 5.41) is 0. The van der Waals surface area contributed by atoms with Gasteiger partial charge in [-0.1, -0.05) is 18.2 Å². The van der Waals surface area contributed by atoms with Gasteiger partial charge >= 0.3 is 0 Å². The molecular weight excluding hydrogens is 234 g/mol. The van der Waals surface area contributed by atoms with Crippen molar-refractivity contribution in [3.05, 3.63) is 53.1 Å². The molecule has 0 saturated heterocycles. The molecule has 0 aromatic heterocycles. The summed E-state index contributed by atoms with van der Waals surface area (Å²) in [6, 6.07) is 12.9. The second kappa shape index (κ2) is 5.06. The quantitative estimate of drug-likeness (QED) is 0.889. The van der Waals surface area contributed by atoms with Crippen molar-refractivity contribution in [1.82, 2.24) is 0 Å². The molecule has 19 heavy (non-hydrogen) atoms. The van der Waals surface area contributed by atoms with Crippen LogP contribution in [-0.2, 0) is 13.0 Å². The zero-order valence-electron chi connectivity index (χ0n) is 11.3. The lowest BCUT2D eigenvalue weighted by atomic mass is 9.95. The van der Waals surface area contributed by atoms with Crippen molar-refractivity contribution in [2.45, 2.75) is 26.3 Å². The largest absolute Gasteiger partial charge is 0.493 e. The summed E-state index contributed by atoms with van der Waals surface area (Å²) >= 11 is 0. The highest BCUT2D eigenvalue weighted by molar-refractivity contribution is 5.69. The van der Waals surface area contributed by atoms with E-state index in [0.29, 0.717) is 6.54 Å². The number of hydrogen-bond donors (Lipinski definition) is 1. The fourth-order valence-electron chi connectivity index (χ4n) is 2.64. The summed E-state index contributed by atoms with van der Waals surface area (Å²) in [4.78, 5) is 0. The first-order chi connectivity index (χ1) is 9.28. The molecule has 0 unspecified atom stereocenters. The topological polar surface area (TPSA) is 35.2 Å². The maximum Gasteiger partial charge on any atom is 0.122 e. The van der Waals surface area contributed by atoms with E-state index in [-0.39, 0.29) is 0 Å². The fraction of sp³-hybridized carbons (Fsp3) is 0.294. The van der Waals surface area contributed by atoms with Crippen LogP contribution in [-0.4, -0.2) is 6.61 Å². The van der Waals surface area contributed by atoms with E-state index in [9.17, 15) is 0 Å². The summed E-state index contributed by atoms with van der Waals surface area (Å²) < 4.78 is 5.67. The zero-order valence-corrected chi connectivity index (χ0v) is 11.3. The molecule has 0 radical (unpaired) electrons. The lowest BCUT2D eigenvalue weighted by Crippen LogP contribution is -2.08. The molecule has 0 amide bonds. The number of fused-ring (bicyclic) bond motifs is 1. The summed E-state index contributed by atoms with van der Waals surface area (Å²) in [6.07, 6.45) is 2.22. The molecular formula is C17H19NO. The van der Waals surface area contributed by atoms with Crippen molar-refractivity contribution in [3.8, 4) is 16.9 Å². The fourth-order valence-corrected chi connectivity index (χ4v) is 2.64. The Morgan fingerprint density at radius 2 is 2.05 bits per heavy atom. The number of benzene rings is 2. The lowest BCUT2D eigenvalue weighted by molar-refractivity contribution is 0.288. The Hall–Kier alpha value is -1.80. The van der Waals surface area contributed by atoms with Crippen LogP contribution < -0.4 is 10.5 Å². The Kier molecular flexibility index (Phi) is 3.26. The second-order valence-corrected chi connectivity index (χ2v) is 5.13. The monoisotopic (exact) mass is 253 g/mol. The lowest BCUT2D eigenvalue weighted by Gasteiger charge is -2.18. The minimum absolute atomic E-state index is 0.585. The summed E-state index contributed by atoms with van der Waals surface area (Å²) in [7, 11) is 0. The third kappa shape index (κ3) is 2.36. The second-order valence-electron chi connectivity index (χ2n) is 5.13. The third-order valence-electron chi connectivity index (χ3n) is 3.76. The van der Waals surface area contributed by atoms with E-state index < -0.39 is 0 Å². The van der Waals surface area contributed by atoms with Gasteiger partial charge in [-0.25, -0.2) is 0 Å². The van der Waals surface area contributed by atoms with Crippen LogP contribution in [0.3, 0.4) is 0 Å². The normalized spacial score (nSPS) is 13.8. The number of ether oxygens (including phenoxy) is 1. The van der Waals surface area contributed by atoms with Crippen LogP contribution in [0.4, 0.5) is 0 Å². The zero-order chi connectivity index (χ0) is 13.2. The van der Waals surface area contributed by atoms with Gasteiger partial charge in [-0.3, -0.25) is 0 Å². The van der Waals surface area contributed by atoms with E-state index >= 15 is 0 Å². The Bertz CT molecular complexity index is 604. The van der Waals surface area contributed by atoms with Gasteiger partial charge in [0.1, 0.15) is 5.75 Å². The van der Waals surface area contributed by atoms with Gasteiger partial charge < -0.3 is 10.5 Å². The van der Waals surface area contributed by atoms with E-state index in [1.165, 1.54) is 27.8 Å². The molecule has 0 fully saturated rings. The van der Waals surface area contributed by atoms with Crippen molar-refractivity contribution in [3.63, 3.8) is 0 Å². The minimum Gasteiger partial charge on any atom is -0.493 e. The molecule has 1 aliphatic rings. The molecule has 0 saturated carbocycles.